The summed E-state index contributed by atoms with van der Waals surface area (Å²) in [6.45, 7) is 3.68. The van der Waals surface area contributed by atoms with Crippen LogP contribution in [0.3, 0.4) is 0 Å². The van der Waals surface area contributed by atoms with Crippen molar-refractivity contribution in [1.82, 2.24) is 0 Å². The molecule has 1 aromatic carbocycles. The summed E-state index contributed by atoms with van der Waals surface area (Å²) in [5, 5.41) is 0. The van der Waals surface area contributed by atoms with E-state index in [0.717, 1.165) is 0 Å². The van der Waals surface area contributed by atoms with Gasteiger partial charge in [-0.05, 0) is 38.1 Å². The zero-order valence-electron chi connectivity index (χ0n) is 8.90. The van der Waals surface area contributed by atoms with Crippen LogP contribution in [0.5, 0.6) is 5.75 Å². The molecule has 0 amide bonds. The molecule has 0 bridgehead atoms. The number of nitrogen functional groups attached to an aromatic ring is 1. The van der Waals surface area contributed by atoms with Gasteiger partial charge in [-0.2, -0.15) is 0 Å². The largest absolute Gasteiger partial charge is 0.425 e. The molecule has 0 aliphatic rings. The SMILES string of the molecule is CC(C)OCC(=O)Oc1ccc(N)cc1. The molecule has 0 fully saturated rings. The van der Waals surface area contributed by atoms with Crippen molar-refractivity contribution in [2.75, 3.05) is 12.3 Å². The summed E-state index contributed by atoms with van der Waals surface area (Å²) >= 11 is 0. The van der Waals surface area contributed by atoms with E-state index in [1.807, 2.05) is 13.8 Å². The van der Waals surface area contributed by atoms with Crippen LogP contribution in [-0.4, -0.2) is 18.7 Å². The van der Waals surface area contributed by atoms with Crippen LogP contribution >= 0.6 is 0 Å². The molecule has 0 radical (unpaired) electrons. The van der Waals surface area contributed by atoms with Crippen LogP contribution in [0.4, 0.5) is 5.69 Å². The van der Waals surface area contributed by atoms with Crippen molar-refractivity contribution in [3.63, 3.8) is 0 Å². The van der Waals surface area contributed by atoms with Crippen LogP contribution in [0.15, 0.2) is 24.3 Å². The van der Waals surface area contributed by atoms with E-state index < -0.39 is 5.97 Å². The van der Waals surface area contributed by atoms with Crippen LogP contribution in [0.2, 0.25) is 0 Å². The summed E-state index contributed by atoms with van der Waals surface area (Å²) in [7, 11) is 0. The summed E-state index contributed by atoms with van der Waals surface area (Å²) in [6, 6.07) is 6.63. The first-order chi connectivity index (χ1) is 7.08. The van der Waals surface area contributed by atoms with Crippen molar-refractivity contribution in [2.45, 2.75) is 20.0 Å². The van der Waals surface area contributed by atoms with Crippen molar-refractivity contribution in [3.8, 4) is 5.75 Å². The van der Waals surface area contributed by atoms with Gasteiger partial charge in [-0.1, -0.05) is 0 Å². The molecule has 4 nitrogen and oxygen atoms in total. The number of anilines is 1. The topological polar surface area (TPSA) is 61.5 Å². The van der Waals surface area contributed by atoms with E-state index in [1.165, 1.54) is 0 Å². The molecule has 0 saturated heterocycles. The van der Waals surface area contributed by atoms with Gasteiger partial charge in [-0.15, -0.1) is 0 Å². The molecular formula is C11H15NO3. The Kier molecular flexibility index (Phi) is 4.12. The van der Waals surface area contributed by atoms with Crippen LogP contribution in [0, 0.1) is 0 Å². The molecule has 2 N–H and O–H groups in total. The lowest BCUT2D eigenvalue weighted by Gasteiger charge is -2.07. The van der Waals surface area contributed by atoms with E-state index in [-0.39, 0.29) is 12.7 Å². The normalized spacial score (nSPS) is 10.3. The number of benzene rings is 1. The zero-order valence-corrected chi connectivity index (χ0v) is 8.90. The molecule has 0 aliphatic carbocycles. The van der Waals surface area contributed by atoms with Gasteiger partial charge in [-0.25, -0.2) is 4.79 Å². The Hall–Kier alpha value is -1.55. The molecule has 4 heteroatoms. The molecule has 15 heavy (non-hydrogen) atoms. The van der Waals surface area contributed by atoms with E-state index in [4.69, 9.17) is 15.2 Å². The Morgan fingerprint density at radius 1 is 1.33 bits per heavy atom. The van der Waals surface area contributed by atoms with E-state index in [0.29, 0.717) is 11.4 Å². The van der Waals surface area contributed by atoms with E-state index in [9.17, 15) is 4.79 Å². The fourth-order valence-corrected chi connectivity index (χ4v) is 0.931. The Labute approximate surface area is 89.0 Å². The van der Waals surface area contributed by atoms with Gasteiger partial charge >= 0.3 is 5.97 Å². The van der Waals surface area contributed by atoms with Crippen LogP contribution < -0.4 is 10.5 Å². The number of hydrogen-bond acceptors (Lipinski definition) is 4. The third-order valence-electron chi connectivity index (χ3n) is 1.65. The molecule has 0 aliphatic heterocycles. The number of carbonyl (C=O) groups is 1. The highest BCUT2D eigenvalue weighted by molar-refractivity contribution is 5.73. The lowest BCUT2D eigenvalue weighted by molar-refractivity contribution is -0.140. The van der Waals surface area contributed by atoms with Gasteiger partial charge in [0.25, 0.3) is 0 Å². The average Bonchev–Trinajstić information content (AvgIpc) is 2.19. The van der Waals surface area contributed by atoms with E-state index >= 15 is 0 Å². The number of ether oxygens (including phenoxy) is 2. The molecule has 1 rings (SSSR count). The highest BCUT2D eigenvalue weighted by atomic mass is 16.6. The van der Waals surface area contributed by atoms with Gasteiger partial charge in [0.1, 0.15) is 12.4 Å². The van der Waals surface area contributed by atoms with Gasteiger partial charge < -0.3 is 15.2 Å². The predicted molar refractivity (Wildman–Crippen MR) is 57.6 cm³/mol. The second kappa shape index (κ2) is 5.36. The first-order valence-corrected chi connectivity index (χ1v) is 4.76. The van der Waals surface area contributed by atoms with Crippen molar-refractivity contribution >= 4 is 11.7 Å². The van der Waals surface area contributed by atoms with Crippen LogP contribution in [-0.2, 0) is 9.53 Å². The van der Waals surface area contributed by atoms with Crippen LogP contribution in [0.25, 0.3) is 0 Å². The molecule has 0 unspecified atom stereocenters. The van der Waals surface area contributed by atoms with E-state index in [2.05, 4.69) is 0 Å². The lowest BCUT2D eigenvalue weighted by atomic mass is 10.3. The van der Waals surface area contributed by atoms with E-state index in [1.54, 1.807) is 24.3 Å². The summed E-state index contributed by atoms with van der Waals surface area (Å²) in [5.41, 5.74) is 6.12. The minimum atomic E-state index is -0.409. The van der Waals surface area contributed by atoms with Gasteiger partial charge in [0.05, 0.1) is 6.10 Å². The number of hydrogen-bond donors (Lipinski definition) is 1. The van der Waals surface area contributed by atoms with Gasteiger partial charge in [0, 0.05) is 5.69 Å². The first kappa shape index (κ1) is 11.5. The second-order valence-electron chi connectivity index (χ2n) is 3.40. The highest BCUT2D eigenvalue weighted by Crippen LogP contribution is 2.13. The second-order valence-corrected chi connectivity index (χ2v) is 3.40. The fourth-order valence-electron chi connectivity index (χ4n) is 0.931. The van der Waals surface area contributed by atoms with Gasteiger partial charge in [0.15, 0.2) is 0 Å². The Morgan fingerprint density at radius 3 is 2.47 bits per heavy atom. The lowest BCUT2D eigenvalue weighted by Crippen LogP contribution is -2.18. The molecule has 0 atom stereocenters. The number of rotatable bonds is 4. The molecule has 0 saturated carbocycles. The zero-order chi connectivity index (χ0) is 11.3. The average molecular weight is 209 g/mol. The summed E-state index contributed by atoms with van der Waals surface area (Å²) < 4.78 is 10.1. The quantitative estimate of drug-likeness (QED) is 0.465. The monoisotopic (exact) mass is 209 g/mol. The number of esters is 1. The smallest absolute Gasteiger partial charge is 0.337 e. The maximum atomic E-state index is 11.2. The first-order valence-electron chi connectivity index (χ1n) is 4.76. The van der Waals surface area contributed by atoms with Crippen molar-refractivity contribution in [2.24, 2.45) is 0 Å². The molecule has 82 valence electrons. The standard InChI is InChI=1S/C11H15NO3/c1-8(2)14-7-11(13)15-10-5-3-9(12)4-6-10/h3-6,8H,7,12H2,1-2H3. The third-order valence-corrected chi connectivity index (χ3v) is 1.65. The van der Waals surface area contributed by atoms with Crippen molar-refractivity contribution in [1.29, 1.82) is 0 Å². The van der Waals surface area contributed by atoms with Gasteiger partial charge in [0.2, 0.25) is 0 Å². The Bertz CT molecular complexity index is 319. The summed E-state index contributed by atoms with van der Waals surface area (Å²) in [5.74, 6) is 0.0648. The minimum Gasteiger partial charge on any atom is -0.425 e. The molecular weight excluding hydrogens is 194 g/mol. The molecule has 1 aromatic rings. The fraction of sp³-hybridized carbons (Fsp3) is 0.364. The Morgan fingerprint density at radius 2 is 1.93 bits per heavy atom. The third kappa shape index (κ3) is 4.46. The van der Waals surface area contributed by atoms with Crippen molar-refractivity contribution < 1.29 is 14.3 Å². The maximum absolute atomic E-state index is 11.2. The summed E-state index contributed by atoms with van der Waals surface area (Å²) in [4.78, 5) is 11.2. The minimum absolute atomic E-state index is 0.0176. The Balaban J connectivity index is 2.41. The predicted octanol–water partition coefficient (Wildman–Crippen LogP) is 1.60. The number of carbonyl (C=O) groups excluding carboxylic acids is 1. The molecule has 0 aromatic heterocycles. The molecule has 0 spiro atoms. The number of nitrogens with two attached hydrogens (primary N) is 1. The van der Waals surface area contributed by atoms with Gasteiger partial charge in [-0.3, -0.25) is 0 Å². The summed E-state index contributed by atoms with van der Waals surface area (Å²) in [6.07, 6.45) is 0.0176. The molecule has 0 heterocycles. The maximum Gasteiger partial charge on any atom is 0.337 e. The highest BCUT2D eigenvalue weighted by Gasteiger charge is 2.05. The van der Waals surface area contributed by atoms with Crippen LogP contribution in [0.1, 0.15) is 13.8 Å². The van der Waals surface area contributed by atoms with Crippen molar-refractivity contribution in [3.05, 3.63) is 24.3 Å².